The normalized spacial score (nSPS) is 10.9. The van der Waals surface area contributed by atoms with Gasteiger partial charge in [0.15, 0.2) is 0 Å². The lowest BCUT2D eigenvalue weighted by molar-refractivity contribution is 0.495. The molecule has 0 atom stereocenters. The molecule has 0 bridgehead atoms. The molecule has 0 saturated heterocycles. The number of halogens is 1. The Bertz CT molecular complexity index is 454. The van der Waals surface area contributed by atoms with E-state index in [2.05, 4.69) is 15.5 Å². The van der Waals surface area contributed by atoms with Crippen molar-refractivity contribution in [2.45, 2.75) is 12.8 Å². The largest absolute Gasteiger partial charge is 0.420 e. The Morgan fingerprint density at radius 1 is 1.44 bits per heavy atom. The molecular weight excluding hydrogens is 246 g/mol. The predicted octanol–water partition coefficient (Wildman–Crippen LogP) is 2.60. The molecular formula is C10H12ClN3OS. The lowest BCUT2D eigenvalue weighted by atomic mass is 10.3. The molecule has 86 valence electrons. The second-order valence-electron chi connectivity index (χ2n) is 3.31. The van der Waals surface area contributed by atoms with Crippen LogP contribution in [0.5, 0.6) is 0 Å². The Morgan fingerprint density at radius 2 is 2.31 bits per heavy atom. The lowest BCUT2D eigenvalue weighted by Gasteiger charge is -1.94. The van der Waals surface area contributed by atoms with E-state index in [9.17, 15) is 0 Å². The van der Waals surface area contributed by atoms with Crippen LogP contribution in [0.25, 0.3) is 10.8 Å². The highest BCUT2D eigenvalue weighted by Crippen LogP contribution is 2.29. The monoisotopic (exact) mass is 257 g/mol. The average Bonchev–Trinajstić information content (AvgIpc) is 2.87. The van der Waals surface area contributed by atoms with Crippen LogP contribution in [-0.2, 0) is 6.42 Å². The van der Waals surface area contributed by atoms with Crippen LogP contribution < -0.4 is 5.32 Å². The fraction of sp³-hybridized carbons (Fsp3) is 0.400. The molecule has 6 heteroatoms. The maximum absolute atomic E-state index is 5.84. The van der Waals surface area contributed by atoms with Crippen molar-refractivity contribution in [2.75, 3.05) is 13.6 Å². The van der Waals surface area contributed by atoms with Crippen molar-refractivity contribution in [2.24, 2.45) is 0 Å². The molecule has 0 fully saturated rings. The van der Waals surface area contributed by atoms with Crippen LogP contribution in [0.15, 0.2) is 16.5 Å². The highest BCUT2D eigenvalue weighted by atomic mass is 35.5. The third-order valence-corrected chi connectivity index (χ3v) is 3.29. The van der Waals surface area contributed by atoms with E-state index < -0.39 is 0 Å². The molecule has 2 rings (SSSR count). The van der Waals surface area contributed by atoms with Crippen molar-refractivity contribution in [1.29, 1.82) is 0 Å². The number of aromatic nitrogens is 2. The van der Waals surface area contributed by atoms with E-state index in [1.807, 2.05) is 19.2 Å². The van der Waals surface area contributed by atoms with Gasteiger partial charge in [-0.1, -0.05) is 11.6 Å². The summed E-state index contributed by atoms with van der Waals surface area (Å²) in [7, 11) is 1.92. The van der Waals surface area contributed by atoms with E-state index in [0.717, 1.165) is 28.6 Å². The summed E-state index contributed by atoms with van der Waals surface area (Å²) >= 11 is 7.28. The minimum absolute atomic E-state index is 0.552. The second-order valence-corrected chi connectivity index (χ2v) is 5.03. The molecule has 0 aliphatic rings. The lowest BCUT2D eigenvalue weighted by Crippen LogP contribution is -2.08. The van der Waals surface area contributed by atoms with Crippen molar-refractivity contribution in [3.8, 4) is 10.8 Å². The summed E-state index contributed by atoms with van der Waals surface area (Å²) in [5, 5.41) is 11.1. The molecule has 0 unspecified atom stereocenters. The van der Waals surface area contributed by atoms with Crippen molar-refractivity contribution >= 4 is 22.9 Å². The number of aryl methyl sites for hydroxylation is 1. The fourth-order valence-corrected chi connectivity index (χ4v) is 2.26. The van der Waals surface area contributed by atoms with E-state index in [0.29, 0.717) is 11.8 Å². The average molecular weight is 258 g/mol. The smallest absolute Gasteiger partial charge is 0.257 e. The molecule has 1 N–H and O–H groups in total. The van der Waals surface area contributed by atoms with E-state index in [1.165, 1.54) is 11.3 Å². The highest BCUT2D eigenvalue weighted by molar-refractivity contribution is 7.19. The topological polar surface area (TPSA) is 51.0 Å². The van der Waals surface area contributed by atoms with Gasteiger partial charge in [-0.2, -0.15) is 0 Å². The van der Waals surface area contributed by atoms with Gasteiger partial charge in [0, 0.05) is 6.42 Å². The predicted molar refractivity (Wildman–Crippen MR) is 64.9 cm³/mol. The first kappa shape index (κ1) is 11.6. The zero-order chi connectivity index (χ0) is 11.4. The minimum Gasteiger partial charge on any atom is -0.420 e. The summed E-state index contributed by atoms with van der Waals surface area (Å²) in [4.78, 5) is 0.914. The molecule has 0 spiro atoms. The minimum atomic E-state index is 0.552. The molecule has 0 radical (unpaired) electrons. The fourth-order valence-electron chi connectivity index (χ4n) is 1.30. The first-order valence-corrected chi connectivity index (χ1v) is 6.21. The number of rotatable bonds is 5. The van der Waals surface area contributed by atoms with Crippen molar-refractivity contribution in [3.63, 3.8) is 0 Å². The van der Waals surface area contributed by atoms with Gasteiger partial charge in [-0.05, 0) is 32.1 Å². The van der Waals surface area contributed by atoms with Gasteiger partial charge in [0.25, 0.3) is 5.89 Å². The standard InChI is InChI=1S/C10H12ClN3OS/c1-12-6-2-3-9-13-14-10(15-9)7-4-5-8(11)16-7/h4-5,12H,2-3,6H2,1H3. The van der Waals surface area contributed by atoms with Crippen LogP contribution in [0.2, 0.25) is 4.34 Å². The van der Waals surface area contributed by atoms with E-state index >= 15 is 0 Å². The maximum atomic E-state index is 5.84. The Kier molecular flexibility index (Phi) is 3.93. The Balaban J connectivity index is 2.02. The molecule has 0 saturated carbocycles. The molecule has 0 aliphatic carbocycles. The Labute approximate surface area is 103 Å². The van der Waals surface area contributed by atoms with E-state index in [-0.39, 0.29) is 0 Å². The first-order valence-electron chi connectivity index (χ1n) is 5.02. The van der Waals surface area contributed by atoms with Gasteiger partial charge in [-0.3, -0.25) is 0 Å². The van der Waals surface area contributed by atoms with Crippen molar-refractivity contribution in [3.05, 3.63) is 22.4 Å². The van der Waals surface area contributed by atoms with Gasteiger partial charge in [-0.25, -0.2) is 0 Å². The van der Waals surface area contributed by atoms with Crippen LogP contribution in [0.1, 0.15) is 12.3 Å². The molecule has 2 aromatic heterocycles. The van der Waals surface area contributed by atoms with Crippen LogP contribution in [0.3, 0.4) is 0 Å². The van der Waals surface area contributed by atoms with Gasteiger partial charge in [-0.15, -0.1) is 21.5 Å². The summed E-state index contributed by atoms with van der Waals surface area (Å²) in [5.41, 5.74) is 0. The van der Waals surface area contributed by atoms with E-state index in [1.54, 1.807) is 0 Å². The van der Waals surface area contributed by atoms with Crippen molar-refractivity contribution in [1.82, 2.24) is 15.5 Å². The highest BCUT2D eigenvalue weighted by Gasteiger charge is 2.10. The maximum Gasteiger partial charge on any atom is 0.257 e. The van der Waals surface area contributed by atoms with E-state index in [4.69, 9.17) is 16.0 Å². The van der Waals surface area contributed by atoms with Crippen LogP contribution in [0, 0.1) is 0 Å². The van der Waals surface area contributed by atoms with Gasteiger partial charge in [0.1, 0.15) is 0 Å². The van der Waals surface area contributed by atoms with Crippen molar-refractivity contribution < 1.29 is 4.42 Å². The Hall–Kier alpha value is -0.910. The number of nitrogens with one attached hydrogen (secondary N) is 1. The van der Waals surface area contributed by atoms with Crippen LogP contribution in [0.4, 0.5) is 0 Å². The zero-order valence-corrected chi connectivity index (χ0v) is 10.4. The molecule has 0 amide bonds. The summed E-state index contributed by atoms with van der Waals surface area (Å²) in [5.74, 6) is 1.23. The number of nitrogens with zero attached hydrogens (tertiary/aromatic N) is 2. The third kappa shape index (κ3) is 2.81. The summed E-state index contributed by atoms with van der Waals surface area (Å²) in [6.45, 7) is 0.947. The Morgan fingerprint density at radius 3 is 3.00 bits per heavy atom. The molecule has 0 aliphatic heterocycles. The number of thiophene rings is 1. The second kappa shape index (κ2) is 5.43. The van der Waals surface area contributed by atoms with Gasteiger partial charge in [0.05, 0.1) is 9.21 Å². The van der Waals surface area contributed by atoms with Crippen LogP contribution in [-0.4, -0.2) is 23.8 Å². The zero-order valence-electron chi connectivity index (χ0n) is 8.86. The molecule has 2 heterocycles. The van der Waals surface area contributed by atoms with Gasteiger partial charge >= 0.3 is 0 Å². The summed E-state index contributed by atoms with van der Waals surface area (Å²) in [6, 6.07) is 3.71. The molecule has 16 heavy (non-hydrogen) atoms. The third-order valence-electron chi connectivity index (χ3n) is 2.07. The molecule has 4 nitrogen and oxygen atoms in total. The summed E-state index contributed by atoms with van der Waals surface area (Å²) in [6.07, 6.45) is 1.79. The SMILES string of the molecule is CNCCCc1nnc(-c2ccc(Cl)s2)o1. The molecule has 2 aromatic rings. The number of hydrogen-bond donors (Lipinski definition) is 1. The molecule has 0 aromatic carbocycles. The quantitative estimate of drug-likeness (QED) is 0.837. The summed E-state index contributed by atoms with van der Waals surface area (Å²) < 4.78 is 6.26. The van der Waals surface area contributed by atoms with Gasteiger partial charge < -0.3 is 9.73 Å². The van der Waals surface area contributed by atoms with Gasteiger partial charge in [0.2, 0.25) is 5.89 Å². The number of hydrogen-bond acceptors (Lipinski definition) is 5. The first-order chi connectivity index (χ1) is 7.79. The van der Waals surface area contributed by atoms with Crippen LogP contribution >= 0.6 is 22.9 Å².